The van der Waals surface area contributed by atoms with Crippen LogP contribution in [0.1, 0.15) is 0 Å². The predicted octanol–water partition coefficient (Wildman–Crippen LogP) is 0.733. The Hall–Kier alpha value is -2.27. The van der Waals surface area contributed by atoms with Crippen LogP contribution in [0.2, 0.25) is 0 Å². The first-order chi connectivity index (χ1) is 13.5. The molecule has 3 aromatic rings. The second kappa shape index (κ2) is 7.63. The van der Waals surface area contributed by atoms with Crippen molar-refractivity contribution in [1.82, 2.24) is 0 Å². The SMILES string of the molecule is O=c1oc2cc(NC3[C@H](O)OC(CO)[C@@H](O)[C@@H]3O)ccc2cc1-c1cccs1. The standard InChI is InChI=1S/C19H19NO7S/c21-8-13-16(22)17(23)15(19(25)27-13)20-10-4-3-9-6-11(14-2-1-5-28-14)18(24)26-12(9)7-10/h1-7,13,15-17,19-23,25H,8H2/t13?,15?,16-,17-,19-/m1/s1. The molecule has 5 atom stereocenters. The number of thiophene rings is 1. The van der Waals surface area contributed by atoms with Crippen molar-refractivity contribution >= 4 is 28.0 Å². The fraction of sp³-hybridized carbons (Fsp3) is 0.316. The van der Waals surface area contributed by atoms with E-state index in [0.717, 1.165) is 10.3 Å². The van der Waals surface area contributed by atoms with Gasteiger partial charge >= 0.3 is 5.63 Å². The third kappa shape index (κ3) is 3.44. The van der Waals surface area contributed by atoms with E-state index >= 15 is 0 Å². The quantitative estimate of drug-likeness (QED) is 0.402. The van der Waals surface area contributed by atoms with Crippen LogP contribution >= 0.6 is 11.3 Å². The molecule has 0 aliphatic carbocycles. The van der Waals surface area contributed by atoms with Crippen LogP contribution < -0.4 is 10.9 Å². The highest BCUT2D eigenvalue weighted by Gasteiger charge is 2.43. The lowest BCUT2D eigenvalue weighted by molar-refractivity contribution is -0.245. The summed E-state index contributed by atoms with van der Waals surface area (Å²) in [6.45, 7) is -0.532. The van der Waals surface area contributed by atoms with Crippen LogP contribution in [0, 0.1) is 0 Å². The molecule has 0 radical (unpaired) electrons. The Kier molecular flexibility index (Phi) is 5.19. The van der Waals surface area contributed by atoms with Crippen molar-refractivity contribution in [2.24, 2.45) is 0 Å². The molecule has 2 aromatic heterocycles. The number of hydrogen-bond acceptors (Lipinski definition) is 9. The van der Waals surface area contributed by atoms with Crippen molar-refractivity contribution in [2.75, 3.05) is 11.9 Å². The first kappa shape index (κ1) is 19.1. The summed E-state index contributed by atoms with van der Waals surface area (Å²) in [7, 11) is 0. The van der Waals surface area contributed by atoms with Crippen molar-refractivity contribution in [3.05, 3.63) is 52.2 Å². The largest absolute Gasteiger partial charge is 0.422 e. The summed E-state index contributed by atoms with van der Waals surface area (Å²) < 4.78 is 10.6. The highest BCUT2D eigenvalue weighted by atomic mass is 32.1. The molecule has 9 heteroatoms. The van der Waals surface area contributed by atoms with Gasteiger partial charge in [0.25, 0.3) is 0 Å². The first-order valence-electron chi connectivity index (χ1n) is 8.67. The maximum atomic E-state index is 12.3. The van der Waals surface area contributed by atoms with Crippen LogP contribution in [0.25, 0.3) is 21.4 Å². The van der Waals surface area contributed by atoms with E-state index in [1.165, 1.54) is 11.3 Å². The molecule has 1 fully saturated rings. The van der Waals surface area contributed by atoms with Gasteiger partial charge in [-0.25, -0.2) is 4.79 Å². The molecular weight excluding hydrogens is 386 g/mol. The van der Waals surface area contributed by atoms with Gasteiger partial charge in [-0.15, -0.1) is 11.3 Å². The van der Waals surface area contributed by atoms with Crippen molar-refractivity contribution in [3.63, 3.8) is 0 Å². The van der Waals surface area contributed by atoms with Crippen molar-refractivity contribution in [3.8, 4) is 10.4 Å². The second-order valence-electron chi connectivity index (χ2n) is 6.58. The summed E-state index contributed by atoms with van der Waals surface area (Å²) in [4.78, 5) is 13.1. The van der Waals surface area contributed by atoms with E-state index in [1.807, 2.05) is 17.5 Å². The van der Waals surface area contributed by atoms with Gasteiger partial charge in [-0.1, -0.05) is 6.07 Å². The van der Waals surface area contributed by atoms with Crippen LogP contribution in [-0.2, 0) is 4.74 Å². The van der Waals surface area contributed by atoms with Crippen molar-refractivity contribution in [2.45, 2.75) is 30.6 Å². The van der Waals surface area contributed by atoms with Gasteiger partial charge < -0.3 is 34.9 Å². The van der Waals surface area contributed by atoms with Gasteiger partial charge in [0.2, 0.25) is 0 Å². The van der Waals surface area contributed by atoms with Crippen LogP contribution in [0.5, 0.6) is 0 Å². The molecule has 8 nitrogen and oxygen atoms in total. The van der Waals surface area contributed by atoms with E-state index in [-0.39, 0.29) is 0 Å². The Morgan fingerprint density at radius 3 is 2.64 bits per heavy atom. The van der Waals surface area contributed by atoms with E-state index in [0.29, 0.717) is 16.8 Å². The topological polar surface area (TPSA) is 132 Å². The van der Waals surface area contributed by atoms with Crippen molar-refractivity contribution < 1.29 is 29.6 Å². The number of nitrogens with one attached hydrogen (secondary N) is 1. The maximum Gasteiger partial charge on any atom is 0.345 e. The van der Waals surface area contributed by atoms with Crippen molar-refractivity contribution in [1.29, 1.82) is 0 Å². The van der Waals surface area contributed by atoms with Crippen LogP contribution in [0.15, 0.2) is 51.0 Å². The zero-order chi connectivity index (χ0) is 19.8. The molecular formula is C19H19NO7S. The molecule has 1 aliphatic heterocycles. The van der Waals surface area contributed by atoms with Crippen LogP contribution in [0.3, 0.4) is 0 Å². The molecule has 148 valence electrons. The molecule has 1 aliphatic rings. The molecule has 0 amide bonds. The van der Waals surface area contributed by atoms with Gasteiger partial charge in [0.15, 0.2) is 6.29 Å². The predicted molar refractivity (Wildman–Crippen MR) is 103 cm³/mol. The Bertz CT molecular complexity index is 1020. The summed E-state index contributed by atoms with van der Waals surface area (Å²) in [5.74, 6) is 0. The molecule has 0 bridgehead atoms. The zero-order valence-electron chi connectivity index (χ0n) is 14.6. The van der Waals surface area contributed by atoms with Gasteiger partial charge in [0.05, 0.1) is 12.2 Å². The smallest absolute Gasteiger partial charge is 0.345 e. The fourth-order valence-electron chi connectivity index (χ4n) is 3.25. The van der Waals surface area contributed by atoms with E-state index in [2.05, 4.69) is 5.32 Å². The van der Waals surface area contributed by atoms with Gasteiger partial charge in [0, 0.05) is 22.0 Å². The maximum absolute atomic E-state index is 12.3. The lowest BCUT2D eigenvalue weighted by Crippen LogP contribution is -2.61. The molecule has 1 saturated heterocycles. The summed E-state index contributed by atoms with van der Waals surface area (Å²) in [6.07, 6.45) is -5.25. The lowest BCUT2D eigenvalue weighted by atomic mass is 9.97. The third-order valence-electron chi connectivity index (χ3n) is 4.76. The summed E-state index contributed by atoms with van der Waals surface area (Å²) in [5, 5.41) is 44.9. The monoisotopic (exact) mass is 405 g/mol. The number of fused-ring (bicyclic) bond motifs is 1. The van der Waals surface area contributed by atoms with Gasteiger partial charge in [0.1, 0.15) is 29.9 Å². The van der Waals surface area contributed by atoms with E-state index in [4.69, 9.17) is 14.3 Å². The molecule has 0 spiro atoms. The zero-order valence-corrected chi connectivity index (χ0v) is 15.4. The number of benzene rings is 1. The van der Waals surface area contributed by atoms with E-state index in [9.17, 15) is 20.1 Å². The summed E-state index contributed by atoms with van der Waals surface area (Å²) in [5.41, 5.74) is 0.813. The average molecular weight is 405 g/mol. The molecule has 2 unspecified atom stereocenters. The summed E-state index contributed by atoms with van der Waals surface area (Å²) in [6, 6.07) is 9.42. The molecule has 1 aromatic carbocycles. The van der Waals surface area contributed by atoms with Crippen LogP contribution in [0.4, 0.5) is 5.69 Å². The molecule has 28 heavy (non-hydrogen) atoms. The molecule has 0 saturated carbocycles. The molecule has 5 N–H and O–H groups in total. The fourth-order valence-corrected chi connectivity index (χ4v) is 3.98. The minimum Gasteiger partial charge on any atom is -0.422 e. The Morgan fingerprint density at radius 2 is 1.93 bits per heavy atom. The minimum atomic E-state index is -1.44. The molecule has 3 heterocycles. The Labute approximate surface area is 163 Å². The number of aliphatic hydroxyl groups excluding tert-OH is 4. The van der Waals surface area contributed by atoms with Gasteiger partial charge in [-0.3, -0.25) is 0 Å². The Balaban J connectivity index is 1.62. The number of rotatable bonds is 4. The van der Waals surface area contributed by atoms with Gasteiger partial charge in [-0.05, 0) is 29.6 Å². The van der Waals surface area contributed by atoms with E-state index in [1.54, 1.807) is 24.3 Å². The third-order valence-corrected chi connectivity index (χ3v) is 5.66. The lowest BCUT2D eigenvalue weighted by Gasteiger charge is -2.40. The first-order valence-corrected chi connectivity index (χ1v) is 9.55. The number of ether oxygens (including phenoxy) is 1. The highest BCUT2D eigenvalue weighted by Crippen LogP contribution is 2.28. The number of anilines is 1. The van der Waals surface area contributed by atoms with Crippen LogP contribution in [-0.4, -0.2) is 57.7 Å². The minimum absolute atomic E-state index is 0.338. The normalized spacial score (nSPS) is 27.8. The van der Waals surface area contributed by atoms with E-state index < -0.39 is 42.9 Å². The Morgan fingerprint density at radius 1 is 1.11 bits per heavy atom. The highest BCUT2D eigenvalue weighted by molar-refractivity contribution is 7.13. The average Bonchev–Trinajstić information content (AvgIpc) is 3.22. The van der Waals surface area contributed by atoms with Gasteiger partial charge in [-0.2, -0.15) is 0 Å². The second-order valence-corrected chi connectivity index (χ2v) is 7.52. The summed E-state index contributed by atoms with van der Waals surface area (Å²) >= 11 is 1.44. The molecule has 4 rings (SSSR count). The number of hydrogen-bond donors (Lipinski definition) is 5. The number of aliphatic hydroxyl groups is 4.